The lowest BCUT2D eigenvalue weighted by Gasteiger charge is -1.92. The number of aromatic nitrogens is 1. The molecule has 0 aliphatic heterocycles. The number of fused-ring (bicyclic) bond motifs is 1. The Labute approximate surface area is 92.9 Å². The van der Waals surface area contributed by atoms with Gasteiger partial charge >= 0.3 is 5.97 Å². The first kappa shape index (κ1) is 10.7. The van der Waals surface area contributed by atoms with Crippen LogP contribution in [-0.2, 0) is 11.2 Å². The molecule has 4 nitrogen and oxygen atoms in total. The normalized spacial score (nSPS) is 10.8. The number of carbonyl (C=O) groups is 1. The molecule has 1 aromatic carbocycles. The van der Waals surface area contributed by atoms with E-state index in [1.807, 2.05) is 25.1 Å². The van der Waals surface area contributed by atoms with Crippen LogP contribution in [0.2, 0.25) is 0 Å². The molecule has 0 saturated heterocycles. The van der Waals surface area contributed by atoms with Crippen molar-refractivity contribution in [3.8, 4) is 0 Å². The van der Waals surface area contributed by atoms with Crippen LogP contribution in [0.4, 0.5) is 0 Å². The number of aryl methyl sites for hydroxylation is 2. The van der Waals surface area contributed by atoms with E-state index < -0.39 is 5.97 Å². The van der Waals surface area contributed by atoms with Crippen molar-refractivity contribution in [1.29, 1.82) is 0 Å². The number of para-hydroxylation sites is 1. The maximum Gasteiger partial charge on any atom is 0.303 e. The lowest BCUT2D eigenvalue weighted by atomic mass is 10.2. The molecule has 0 amide bonds. The van der Waals surface area contributed by atoms with Crippen LogP contribution in [0.1, 0.15) is 24.3 Å². The third-order valence-electron chi connectivity index (χ3n) is 2.44. The van der Waals surface area contributed by atoms with Crippen LogP contribution in [0.25, 0.3) is 11.1 Å². The van der Waals surface area contributed by atoms with Gasteiger partial charge in [0.25, 0.3) is 0 Å². The third-order valence-corrected chi connectivity index (χ3v) is 2.44. The second-order valence-corrected chi connectivity index (χ2v) is 3.78. The number of benzene rings is 1. The molecule has 0 radical (unpaired) electrons. The fourth-order valence-corrected chi connectivity index (χ4v) is 1.63. The summed E-state index contributed by atoms with van der Waals surface area (Å²) in [5.41, 5.74) is 2.69. The molecule has 1 aromatic heterocycles. The molecule has 0 aliphatic rings. The van der Waals surface area contributed by atoms with E-state index in [0.29, 0.717) is 18.7 Å². The number of carboxylic acid groups (broad SMARTS) is 1. The molecule has 1 heterocycles. The average Bonchev–Trinajstić information content (AvgIpc) is 2.61. The van der Waals surface area contributed by atoms with Gasteiger partial charge in [-0.15, -0.1) is 0 Å². The first-order valence-electron chi connectivity index (χ1n) is 5.23. The third kappa shape index (κ3) is 2.21. The zero-order valence-corrected chi connectivity index (χ0v) is 9.06. The van der Waals surface area contributed by atoms with Gasteiger partial charge in [0.1, 0.15) is 5.52 Å². The Balaban J connectivity index is 2.14. The Hall–Kier alpha value is -1.84. The van der Waals surface area contributed by atoms with Gasteiger partial charge in [-0.3, -0.25) is 4.79 Å². The molecule has 4 heteroatoms. The first-order valence-corrected chi connectivity index (χ1v) is 5.23. The van der Waals surface area contributed by atoms with Gasteiger partial charge in [0, 0.05) is 12.8 Å². The highest BCUT2D eigenvalue weighted by atomic mass is 16.4. The lowest BCUT2D eigenvalue weighted by Crippen LogP contribution is -1.95. The van der Waals surface area contributed by atoms with Gasteiger partial charge in [-0.1, -0.05) is 12.1 Å². The van der Waals surface area contributed by atoms with Crippen molar-refractivity contribution in [2.45, 2.75) is 26.2 Å². The van der Waals surface area contributed by atoms with Crippen LogP contribution < -0.4 is 0 Å². The Bertz CT molecular complexity index is 516. The molecule has 0 aliphatic carbocycles. The molecule has 16 heavy (non-hydrogen) atoms. The summed E-state index contributed by atoms with van der Waals surface area (Å²) in [4.78, 5) is 14.7. The molecule has 0 fully saturated rings. The number of hydrogen-bond donors (Lipinski definition) is 1. The Morgan fingerprint density at radius 1 is 1.50 bits per heavy atom. The van der Waals surface area contributed by atoms with Gasteiger partial charge in [-0.25, -0.2) is 4.98 Å². The van der Waals surface area contributed by atoms with Crippen LogP contribution in [-0.4, -0.2) is 16.1 Å². The number of carboxylic acids is 1. The quantitative estimate of drug-likeness (QED) is 0.858. The summed E-state index contributed by atoms with van der Waals surface area (Å²) in [5.74, 6) is -0.169. The van der Waals surface area contributed by atoms with Crippen LogP contribution in [0.15, 0.2) is 22.6 Å². The Kier molecular flexibility index (Phi) is 2.90. The minimum absolute atomic E-state index is 0.151. The average molecular weight is 219 g/mol. The molecule has 0 saturated carbocycles. The van der Waals surface area contributed by atoms with E-state index in [-0.39, 0.29) is 6.42 Å². The Morgan fingerprint density at radius 2 is 2.31 bits per heavy atom. The topological polar surface area (TPSA) is 63.3 Å². The summed E-state index contributed by atoms with van der Waals surface area (Å²) in [5, 5.41) is 8.52. The van der Waals surface area contributed by atoms with E-state index in [4.69, 9.17) is 9.52 Å². The van der Waals surface area contributed by atoms with Crippen LogP contribution in [0.3, 0.4) is 0 Å². The molecule has 2 aromatic rings. The molecule has 2 rings (SSSR count). The van der Waals surface area contributed by atoms with Gasteiger partial charge in [-0.2, -0.15) is 0 Å². The van der Waals surface area contributed by atoms with Gasteiger partial charge in [-0.05, 0) is 25.0 Å². The summed E-state index contributed by atoms with van der Waals surface area (Å²) in [6, 6.07) is 5.79. The molecule has 0 atom stereocenters. The highest BCUT2D eigenvalue weighted by Crippen LogP contribution is 2.20. The maximum absolute atomic E-state index is 10.4. The van der Waals surface area contributed by atoms with Crippen molar-refractivity contribution in [1.82, 2.24) is 4.98 Å². The standard InChI is InChI=1S/C12H13NO3/c1-8-4-2-5-9-12(8)16-10(13-9)6-3-7-11(14)15/h2,4-5H,3,6-7H2,1H3,(H,14,15). The molecular weight excluding hydrogens is 206 g/mol. The minimum atomic E-state index is -0.785. The number of hydrogen-bond acceptors (Lipinski definition) is 3. The van der Waals surface area contributed by atoms with Crippen LogP contribution in [0.5, 0.6) is 0 Å². The van der Waals surface area contributed by atoms with E-state index in [0.717, 1.165) is 16.7 Å². The molecule has 0 bridgehead atoms. The summed E-state index contributed by atoms with van der Waals surface area (Å²) in [7, 11) is 0. The molecule has 0 spiro atoms. The molecular formula is C12H13NO3. The fourth-order valence-electron chi connectivity index (χ4n) is 1.63. The number of rotatable bonds is 4. The number of nitrogens with zero attached hydrogens (tertiary/aromatic N) is 1. The largest absolute Gasteiger partial charge is 0.481 e. The summed E-state index contributed by atoms with van der Waals surface area (Å²) >= 11 is 0. The van der Waals surface area contributed by atoms with E-state index in [1.54, 1.807) is 0 Å². The second-order valence-electron chi connectivity index (χ2n) is 3.78. The Morgan fingerprint density at radius 3 is 3.00 bits per heavy atom. The van der Waals surface area contributed by atoms with Crippen molar-refractivity contribution < 1.29 is 14.3 Å². The van der Waals surface area contributed by atoms with E-state index in [2.05, 4.69) is 4.98 Å². The SMILES string of the molecule is Cc1cccc2nc(CCCC(=O)O)oc12. The maximum atomic E-state index is 10.4. The van der Waals surface area contributed by atoms with Crippen molar-refractivity contribution in [3.05, 3.63) is 29.7 Å². The van der Waals surface area contributed by atoms with Gasteiger partial charge in [0.2, 0.25) is 0 Å². The van der Waals surface area contributed by atoms with Gasteiger partial charge in [0.05, 0.1) is 0 Å². The lowest BCUT2D eigenvalue weighted by molar-refractivity contribution is -0.137. The van der Waals surface area contributed by atoms with Crippen molar-refractivity contribution in [2.24, 2.45) is 0 Å². The van der Waals surface area contributed by atoms with Crippen molar-refractivity contribution in [3.63, 3.8) is 0 Å². The van der Waals surface area contributed by atoms with Crippen molar-refractivity contribution in [2.75, 3.05) is 0 Å². The summed E-state index contributed by atoms with van der Waals surface area (Å²) < 4.78 is 5.58. The minimum Gasteiger partial charge on any atom is -0.481 e. The van der Waals surface area contributed by atoms with E-state index >= 15 is 0 Å². The number of oxazole rings is 1. The predicted molar refractivity (Wildman–Crippen MR) is 59.3 cm³/mol. The summed E-state index contributed by atoms with van der Waals surface area (Å²) in [6.45, 7) is 1.97. The zero-order valence-electron chi connectivity index (χ0n) is 9.06. The van der Waals surface area contributed by atoms with Gasteiger partial charge in [0.15, 0.2) is 11.5 Å². The fraction of sp³-hybridized carbons (Fsp3) is 0.333. The monoisotopic (exact) mass is 219 g/mol. The second kappa shape index (κ2) is 4.35. The predicted octanol–water partition coefficient (Wildman–Crippen LogP) is 2.54. The molecule has 0 unspecified atom stereocenters. The number of aliphatic carboxylic acids is 1. The van der Waals surface area contributed by atoms with Crippen molar-refractivity contribution >= 4 is 17.1 Å². The molecule has 1 N–H and O–H groups in total. The smallest absolute Gasteiger partial charge is 0.303 e. The summed E-state index contributed by atoms with van der Waals surface area (Å²) in [6.07, 6.45) is 1.28. The van der Waals surface area contributed by atoms with Gasteiger partial charge < -0.3 is 9.52 Å². The first-order chi connectivity index (χ1) is 7.66. The molecule has 84 valence electrons. The highest BCUT2D eigenvalue weighted by molar-refractivity contribution is 5.76. The van der Waals surface area contributed by atoms with Crippen LogP contribution in [0, 0.1) is 6.92 Å². The zero-order chi connectivity index (χ0) is 11.5. The van der Waals surface area contributed by atoms with Crippen LogP contribution >= 0.6 is 0 Å². The van der Waals surface area contributed by atoms with E-state index in [9.17, 15) is 4.79 Å². The highest BCUT2D eigenvalue weighted by Gasteiger charge is 2.07. The van der Waals surface area contributed by atoms with E-state index in [1.165, 1.54) is 0 Å².